The average Bonchev–Trinajstić information content (AvgIpc) is 3.11. The lowest BCUT2D eigenvalue weighted by molar-refractivity contribution is -0.139. The molecule has 0 aromatic carbocycles. The van der Waals surface area contributed by atoms with E-state index < -0.39 is 0 Å². The largest absolute Gasteiger partial charge is 0.356 e. The summed E-state index contributed by atoms with van der Waals surface area (Å²) in [6, 6.07) is 4.45. The molecule has 4 heterocycles. The van der Waals surface area contributed by atoms with E-state index in [1.54, 1.807) is 6.33 Å². The van der Waals surface area contributed by atoms with Gasteiger partial charge in [0.2, 0.25) is 5.91 Å². The number of anilines is 1. The van der Waals surface area contributed by atoms with Crippen molar-refractivity contribution in [3.63, 3.8) is 0 Å². The smallest absolute Gasteiger partial charge is 0.227 e. The number of amides is 1. The van der Waals surface area contributed by atoms with E-state index in [0.717, 1.165) is 74.8 Å². The molecule has 4 rings (SSSR count). The van der Waals surface area contributed by atoms with Crippen LogP contribution in [-0.4, -0.2) is 56.2 Å². The second kappa shape index (κ2) is 8.51. The van der Waals surface area contributed by atoms with Gasteiger partial charge in [0, 0.05) is 37.4 Å². The summed E-state index contributed by atoms with van der Waals surface area (Å²) >= 11 is 0. The lowest BCUT2D eigenvalue weighted by Gasteiger charge is -2.40. The maximum absolute atomic E-state index is 13.3. The number of carbonyl (C=O) groups excluding carboxylic acids is 1. The van der Waals surface area contributed by atoms with E-state index in [1.165, 1.54) is 6.42 Å². The molecule has 0 bridgehead atoms. The summed E-state index contributed by atoms with van der Waals surface area (Å²) in [6.45, 7) is 8.79. The van der Waals surface area contributed by atoms with Gasteiger partial charge in [0.15, 0.2) is 5.82 Å². The molecule has 0 aliphatic carbocycles. The van der Waals surface area contributed by atoms with Gasteiger partial charge in [-0.25, -0.2) is 14.6 Å². The summed E-state index contributed by atoms with van der Waals surface area (Å²) in [7, 11) is 0. The standard InChI is InChI=1S/C22H32N6O/c1-4-19-9-5-6-11-27(19)22(29)18-8-7-10-26(14-18)20-13-21(24-15-23-20)28-17(3)12-16(2)25-28/h12-13,15,18-19H,4-11,14H2,1-3H3. The molecule has 2 fully saturated rings. The maximum Gasteiger partial charge on any atom is 0.227 e. The van der Waals surface area contributed by atoms with Crippen molar-refractivity contribution >= 4 is 11.7 Å². The molecule has 2 aliphatic rings. The SMILES string of the molecule is CCC1CCCCN1C(=O)C1CCCN(c2cc(-n3nc(C)cc3C)ncn2)C1. The minimum Gasteiger partial charge on any atom is -0.356 e. The van der Waals surface area contributed by atoms with Gasteiger partial charge in [-0.15, -0.1) is 0 Å². The third kappa shape index (κ3) is 4.14. The molecule has 7 nitrogen and oxygen atoms in total. The fourth-order valence-corrected chi connectivity index (χ4v) is 4.82. The third-order valence-corrected chi connectivity index (χ3v) is 6.34. The Kier molecular flexibility index (Phi) is 5.83. The Morgan fingerprint density at radius 1 is 1.07 bits per heavy atom. The first kappa shape index (κ1) is 19.9. The van der Waals surface area contributed by atoms with E-state index in [0.29, 0.717) is 11.9 Å². The second-order valence-corrected chi connectivity index (χ2v) is 8.45. The number of carbonyl (C=O) groups is 1. The summed E-state index contributed by atoms with van der Waals surface area (Å²) in [4.78, 5) is 26.6. The Morgan fingerprint density at radius 2 is 1.90 bits per heavy atom. The normalized spacial score (nSPS) is 22.7. The summed E-state index contributed by atoms with van der Waals surface area (Å²) in [5.74, 6) is 2.05. The van der Waals surface area contributed by atoms with E-state index in [4.69, 9.17) is 0 Å². The molecule has 2 atom stereocenters. The molecule has 156 valence electrons. The van der Waals surface area contributed by atoms with Crippen LogP contribution in [0.5, 0.6) is 0 Å². The van der Waals surface area contributed by atoms with Crippen molar-refractivity contribution in [1.82, 2.24) is 24.6 Å². The minimum absolute atomic E-state index is 0.0583. The predicted molar refractivity (Wildman–Crippen MR) is 113 cm³/mol. The number of hydrogen-bond donors (Lipinski definition) is 0. The minimum atomic E-state index is 0.0583. The van der Waals surface area contributed by atoms with Crippen LogP contribution in [0.25, 0.3) is 5.82 Å². The van der Waals surface area contributed by atoms with Gasteiger partial charge < -0.3 is 9.80 Å². The molecule has 2 aromatic heterocycles. The van der Waals surface area contributed by atoms with Gasteiger partial charge in [-0.3, -0.25) is 4.79 Å². The Labute approximate surface area is 173 Å². The van der Waals surface area contributed by atoms with E-state index in [-0.39, 0.29) is 5.92 Å². The summed E-state index contributed by atoms with van der Waals surface area (Å²) in [5, 5.41) is 4.54. The molecular formula is C22H32N6O. The number of hydrogen-bond acceptors (Lipinski definition) is 5. The van der Waals surface area contributed by atoms with E-state index in [1.807, 2.05) is 30.7 Å². The number of aromatic nitrogens is 4. The van der Waals surface area contributed by atoms with Gasteiger partial charge >= 0.3 is 0 Å². The van der Waals surface area contributed by atoms with E-state index in [9.17, 15) is 4.79 Å². The highest BCUT2D eigenvalue weighted by Crippen LogP contribution is 2.27. The highest BCUT2D eigenvalue weighted by Gasteiger charge is 2.33. The number of nitrogens with zero attached hydrogens (tertiary/aromatic N) is 6. The zero-order valence-electron chi connectivity index (χ0n) is 17.8. The Bertz CT molecular complexity index is 863. The van der Waals surface area contributed by atoms with Crippen molar-refractivity contribution in [3.05, 3.63) is 29.8 Å². The number of likely N-dealkylation sites (tertiary alicyclic amines) is 1. The van der Waals surface area contributed by atoms with Crippen molar-refractivity contribution in [2.75, 3.05) is 24.5 Å². The summed E-state index contributed by atoms with van der Waals surface area (Å²) < 4.78 is 1.85. The van der Waals surface area contributed by atoms with E-state index in [2.05, 4.69) is 31.8 Å². The first-order valence-corrected chi connectivity index (χ1v) is 11.0. The molecule has 7 heteroatoms. The van der Waals surface area contributed by atoms with Gasteiger partial charge in [0.1, 0.15) is 12.1 Å². The van der Waals surface area contributed by atoms with Gasteiger partial charge in [0.05, 0.1) is 11.6 Å². The summed E-state index contributed by atoms with van der Waals surface area (Å²) in [5.41, 5.74) is 2.02. The van der Waals surface area contributed by atoms with Crippen molar-refractivity contribution < 1.29 is 4.79 Å². The molecule has 0 spiro atoms. The van der Waals surface area contributed by atoms with Crippen molar-refractivity contribution in [3.8, 4) is 5.82 Å². The van der Waals surface area contributed by atoms with Crippen LogP contribution in [0.3, 0.4) is 0 Å². The highest BCUT2D eigenvalue weighted by atomic mass is 16.2. The highest BCUT2D eigenvalue weighted by molar-refractivity contribution is 5.80. The Balaban J connectivity index is 1.50. The van der Waals surface area contributed by atoms with Gasteiger partial charge in [-0.05, 0) is 58.4 Å². The van der Waals surface area contributed by atoms with Gasteiger partial charge in [-0.2, -0.15) is 5.10 Å². The van der Waals surface area contributed by atoms with Crippen LogP contribution in [0.1, 0.15) is 56.8 Å². The van der Waals surface area contributed by atoms with Crippen LogP contribution in [0.15, 0.2) is 18.5 Å². The second-order valence-electron chi connectivity index (χ2n) is 8.45. The Hall–Kier alpha value is -2.44. The number of piperidine rings is 2. The van der Waals surface area contributed by atoms with Crippen LogP contribution in [0.4, 0.5) is 5.82 Å². The fraction of sp³-hybridized carbons (Fsp3) is 0.636. The van der Waals surface area contributed by atoms with Crippen LogP contribution in [0, 0.1) is 19.8 Å². The zero-order valence-corrected chi connectivity index (χ0v) is 17.8. The number of aryl methyl sites for hydroxylation is 2. The molecule has 2 aromatic rings. The quantitative estimate of drug-likeness (QED) is 0.793. The average molecular weight is 397 g/mol. The molecule has 0 N–H and O–H groups in total. The first-order chi connectivity index (χ1) is 14.1. The lowest BCUT2D eigenvalue weighted by atomic mass is 9.93. The Morgan fingerprint density at radius 3 is 2.66 bits per heavy atom. The summed E-state index contributed by atoms with van der Waals surface area (Å²) in [6.07, 6.45) is 8.17. The molecule has 29 heavy (non-hydrogen) atoms. The van der Waals surface area contributed by atoms with Crippen LogP contribution in [0.2, 0.25) is 0 Å². The first-order valence-electron chi connectivity index (χ1n) is 11.0. The monoisotopic (exact) mass is 396 g/mol. The van der Waals surface area contributed by atoms with E-state index >= 15 is 0 Å². The number of rotatable bonds is 4. The molecule has 0 saturated carbocycles. The van der Waals surface area contributed by atoms with Crippen molar-refractivity contribution in [1.29, 1.82) is 0 Å². The fourth-order valence-electron chi connectivity index (χ4n) is 4.82. The predicted octanol–water partition coefficient (Wildman–Crippen LogP) is 3.29. The molecule has 1 amide bonds. The van der Waals surface area contributed by atoms with Crippen LogP contribution in [-0.2, 0) is 4.79 Å². The molecule has 0 radical (unpaired) electrons. The molecular weight excluding hydrogens is 364 g/mol. The molecule has 2 unspecified atom stereocenters. The lowest BCUT2D eigenvalue weighted by Crippen LogP contribution is -2.50. The van der Waals surface area contributed by atoms with Crippen LogP contribution >= 0.6 is 0 Å². The molecule has 2 aliphatic heterocycles. The van der Waals surface area contributed by atoms with Crippen molar-refractivity contribution in [2.45, 2.75) is 65.3 Å². The van der Waals surface area contributed by atoms with Gasteiger partial charge in [0.25, 0.3) is 0 Å². The van der Waals surface area contributed by atoms with Crippen LogP contribution < -0.4 is 4.90 Å². The van der Waals surface area contributed by atoms with Gasteiger partial charge in [-0.1, -0.05) is 6.92 Å². The third-order valence-electron chi connectivity index (χ3n) is 6.34. The van der Waals surface area contributed by atoms with Crippen molar-refractivity contribution in [2.24, 2.45) is 5.92 Å². The molecule has 2 saturated heterocycles. The zero-order chi connectivity index (χ0) is 20.4. The topological polar surface area (TPSA) is 67.2 Å². The maximum atomic E-state index is 13.3.